The van der Waals surface area contributed by atoms with Gasteiger partial charge < -0.3 is 14.0 Å². The zero-order valence-corrected chi connectivity index (χ0v) is 12.6. The van der Waals surface area contributed by atoms with Crippen molar-refractivity contribution in [2.45, 2.75) is 13.5 Å². The maximum Gasteiger partial charge on any atom is 0.333 e. The molecule has 0 spiro atoms. The highest BCUT2D eigenvalue weighted by atomic mass is 16.5. The molecule has 4 heteroatoms. The van der Waals surface area contributed by atoms with Gasteiger partial charge in [-0.05, 0) is 12.5 Å². The van der Waals surface area contributed by atoms with Crippen molar-refractivity contribution < 1.29 is 18.8 Å². The lowest BCUT2D eigenvalue weighted by atomic mass is 10.2. The lowest BCUT2D eigenvalue weighted by molar-refractivity contribution is -0.910. The van der Waals surface area contributed by atoms with E-state index in [-0.39, 0.29) is 5.97 Å². The van der Waals surface area contributed by atoms with Crippen LogP contribution in [0.4, 0.5) is 0 Å². The topological polar surface area (TPSA) is 35.5 Å². The first-order valence-electron chi connectivity index (χ1n) is 6.67. The SMILES string of the molecule is C=C(C)C(=O)OCC[N+](C)(C)COCc1ccccc1. The van der Waals surface area contributed by atoms with Gasteiger partial charge >= 0.3 is 5.97 Å². The number of hydrogen-bond donors (Lipinski definition) is 0. The highest BCUT2D eigenvalue weighted by Gasteiger charge is 2.16. The number of likely N-dealkylation sites (N-methyl/N-ethyl adjacent to an activating group) is 1. The van der Waals surface area contributed by atoms with Crippen LogP contribution in [-0.4, -0.2) is 44.4 Å². The van der Waals surface area contributed by atoms with Crippen LogP contribution in [0.3, 0.4) is 0 Å². The minimum absolute atomic E-state index is 0.338. The average Bonchev–Trinajstić information content (AvgIpc) is 2.39. The van der Waals surface area contributed by atoms with Crippen LogP contribution in [0.1, 0.15) is 12.5 Å². The molecule has 0 heterocycles. The second kappa shape index (κ2) is 7.82. The maximum atomic E-state index is 11.3. The summed E-state index contributed by atoms with van der Waals surface area (Å²) in [6.45, 7) is 7.42. The number of nitrogens with zero attached hydrogens (tertiary/aromatic N) is 1. The van der Waals surface area contributed by atoms with E-state index in [0.717, 1.165) is 5.56 Å². The van der Waals surface area contributed by atoms with Gasteiger partial charge in [0.25, 0.3) is 0 Å². The fourth-order valence-electron chi connectivity index (χ4n) is 1.56. The summed E-state index contributed by atoms with van der Waals surface area (Å²) in [7, 11) is 4.08. The fourth-order valence-corrected chi connectivity index (χ4v) is 1.56. The number of ether oxygens (including phenoxy) is 2. The molecule has 0 unspecified atom stereocenters. The minimum atomic E-state index is -0.338. The molecule has 0 aromatic heterocycles. The van der Waals surface area contributed by atoms with Crippen molar-refractivity contribution >= 4 is 5.97 Å². The van der Waals surface area contributed by atoms with Crippen molar-refractivity contribution in [2.75, 3.05) is 34.0 Å². The van der Waals surface area contributed by atoms with E-state index in [0.29, 0.717) is 36.5 Å². The number of carbonyl (C=O) groups excluding carboxylic acids is 1. The predicted octanol–water partition coefficient (Wildman–Crippen LogP) is 2.36. The predicted molar refractivity (Wildman–Crippen MR) is 78.8 cm³/mol. The van der Waals surface area contributed by atoms with Gasteiger partial charge in [0.1, 0.15) is 13.2 Å². The monoisotopic (exact) mass is 278 g/mol. The third-order valence-corrected chi connectivity index (χ3v) is 2.83. The molecule has 0 aliphatic heterocycles. The van der Waals surface area contributed by atoms with Crippen molar-refractivity contribution in [1.29, 1.82) is 0 Å². The van der Waals surface area contributed by atoms with Crippen LogP contribution in [-0.2, 0) is 20.9 Å². The Kier molecular flexibility index (Phi) is 6.42. The zero-order valence-electron chi connectivity index (χ0n) is 12.6. The Morgan fingerprint density at radius 2 is 1.90 bits per heavy atom. The van der Waals surface area contributed by atoms with Crippen LogP contribution < -0.4 is 0 Å². The van der Waals surface area contributed by atoms with Crippen LogP contribution in [0.15, 0.2) is 42.5 Å². The van der Waals surface area contributed by atoms with Crippen LogP contribution in [0, 0.1) is 0 Å². The molecule has 0 N–H and O–H groups in total. The molecule has 0 aliphatic rings. The summed E-state index contributed by atoms with van der Waals surface area (Å²) in [5.74, 6) is -0.338. The molecule has 1 aromatic carbocycles. The van der Waals surface area contributed by atoms with E-state index in [2.05, 4.69) is 6.58 Å². The second-order valence-electron chi connectivity index (χ2n) is 5.54. The molecular formula is C16H24NO3+. The number of rotatable bonds is 8. The second-order valence-corrected chi connectivity index (χ2v) is 5.54. The van der Waals surface area contributed by atoms with E-state index in [1.165, 1.54) is 0 Å². The number of carbonyl (C=O) groups is 1. The summed E-state index contributed by atoms with van der Waals surface area (Å²) in [6, 6.07) is 10.0. The Bertz CT molecular complexity index is 440. The van der Waals surface area contributed by atoms with E-state index >= 15 is 0 Å². The van der Waals surface area contributed by atoms with Gasteiger partial charge in [0.15, 0.2) is 6.73 Å². The first-order valence-corrected chi connectivity index (χ1v) is 6.67. The van der Waals surface area contributed by atoms with E-state index in [9.17, 15) is 4.79 Å². The average molecular weight is 278 g/mol. The molecule has 0 saturated carbocycles. The number of hydrogen-bond acceptors (Lipinski definition) is 3. The maximum absolute atomic E-state index is 11.3. The largest absolute Gasteiger partial charge is 0.456 e. The van der Waals surface area contributed by atoms with Crippen molar-refractivity contribution in [3.05, 3.63) is 48.0 Å². The lowest BCUT2D eigenvalue weighted by Gasteiger charge is -2.28. The number of quaternary nitrogens is 1. The van der Waals surface area contributed by atoms with Crippen LogP contribution in [0.2, 0.25) is 0 Å². The van der Waals surface area contributed by atoms with E-state index in [1.54, 1.807) is 6.92 Å². The van der Waals surface area contributed by atoms with Crippen molar-refractivity contribution in [1.82, 2.24) is 0 Å². The molecule has 0 aliphatic carbocycles. The molecule has 0 amide bonds. The minimum Gasteiger partial charge on any atom is -0.456 e. The number of esters is 1. The van der Waals surface area contributed by atoms with Gasteiger partial charge in [0, 0.05) is 5.57 Å². The lowest BCUT2D eigenvalue weighted by Crippen LogP contribution is -2.44. The molecule has 1 rings (SSSR count). The Balaban J connectivity index is 2.24. The Morgan fingerprint density at radius 3 is 2.50 bits per heavy atom. The molecule has 0 radical (unpaired) electrons. The molecule has 0 fully saturated rings. The van der Waals surface area contributed by atoms with Crippen molar-refractivity contribution in [3.63, 3.8) is 0 Å². The summed E-state index contributed by atoms with van der Waals surface area (Å²) in [6.07, 6.45) is 0. The van der Waals surface area contributed by atoms with Gasteiger partial charge in [0.05, 0.1) is 20.7 Å². The van der Waals surface area contributed by atoms with Crippen LogP contribution in [0.5, 0.6) is 0 Å². The van der Waals surface area contributed by atoms with Crippen molar-refractivity contribution in [2.24, 2.45) is 0 Å². The third kappa shape index (κ3) is 6.50. The first-order chi connectivity index (χ1) is 9.41. The molecule has 20 heavy (non-hydrogen) atoms. The van der Waals surface area contributed by atoms with Gasteiger partial charge in [-0.25, -0.2) is 4.79 Å². The van der Waals surface area contributed by atoms with E-state index in [4.69, 9.17) is 9.47 Å². The summed E-state index contributed by atoms with van der Waals surface area (Å²) < 4.78 is 11.4. The van der Waals surface area contributed by atoms with Crippen LogP contribution in [0.25, 0.3) is 0 Å². The molecular weight excluding hydrogens is 254 g/mol. The summed E-state index contributed by atoms with van der Waals surface area (Å²) in [5, 5.41) is 0. The standard InChI is InChI=1S/C16H24NO3/c1-14(2)16(18)20-11-10-17(3,4)13-19-12-15-8-6-5-7-9-15/h5-9H,1,10-13H2,2-4H3/q+1. The Labute approximate surface area is 121 Å². The number of benzene rings is 1. The quantitative estimate of drug-likeness (QED) is 0.317. The van der Waals surface area contributed by atoms with Gasteiger partial charge in [-0.2, -0.15) is 0 Å². The smallest absolute Gasteiger partial charge is 0.333 e. The zero-order chi connectivity index (χ0) is 15.0. The van der Waals surface area contributed by atoms with E-state index in [1.807, 2.05) is 44.4 Å². The van der Waals surface area contributed by atoms with Gasteiger partial charge in [0.2, 0.25) is 0 Å². The Hall–Kier alpha value is -1.65. The fraction of sp³-hybridized carbons (Fsp3) is 0.438. The molecule has 1 aromatic rings. The first kappa shape index (κ1) is 16.4. The van der Waals surface area contributed by atoms with Crippen LogP contribution >= 0.6 is 0 Å². The normalized spacial score (nSPS) is 11.2. The third-order valence-electron chi connectivity index (χ3n) is 2.83. The molecule has 0 bridgehead atoms. The van der Waals surface area contributed by atoms with Crippen molar-refractivity contribution in [3.8, 4) is 0 Å². The molecule has 110 valence electrons. The van der Waals surface area contributed by atoms with Gasteiger partial charge in [-0.3, -0.25) is 0 Å². The summed E-state index contributed by atoms with van der Waals surface area (Å²) >= 11 is 0. The van der Waals surface area contributed by atoms with Gasteiger partial charge in [-0.1, -0.05) is 36.9 Å². The molecule has 0 atom stereocenters. The van der Waals surface area contributed by atoms with Gasteiger partial charge in [-0.15, -0.1) is 0 Å². The Morgan fingerprint density at radius 1 is 1.25 bits per heavy atom. The summed E-state index contributed by atoms with van der Waals surface area (Å²) in [4.78, 5) is 11.3. The highest BCUT2D eigenvalue weighted by molar-refractivity contribution is 5.86. The molecule has 4 nitrogen and oxygen atoms in total. The van der Waals surface area contributed by atoms with E-state index < -0.39 is 0 Å². The summed E-state index contributed by atoms with van der Waals surface area (Å²) in [5.41, 5.74) is 1.58. The highest BCUT2D eigenvalue weighted by Crippen LogP contribution is 2.04. The molecule has 0 saturated heterocycles.